The molecule has 0 aliphatic heterocycles. The largest absolute Gasteiger partial charge is 0.494 e. The number of amides is 2. The molecule has 2 amide bonds. The normalized spacial score (nSPS) is 11.9. The van der Waals surface area contributed by atoms with Crippen LogP contribution in [0.3, 0.4) is 0 Å². The molecule has 0 spiro atoms. The lowest BCUT2D eigenvalue weighted by molar-refractivity contribution is -0.140. The molecule has 0 bridgehead atoms. The number of benzene rings is 4. The van der Waals surface area contributed by atoms with E-state index in [1.165, 1.54) is 17.0 Å². The van der Waals surface area contributed by atoms with Crippen molar-refractivity contribution in [2.45, 2.75) is 44.7 Å². The van der Waals surface area contributed by atoms with Crippen LogP contribution in [0.2, 0.25) is 0 Å². The fourth-order valence-electron chi connectivity index (χ4n) is 4.89. The number of anilines is 1. The Hall–Kier alpha value is -4.15. The van der Waals surface area contributed by atoms with Crippen LogP contribution in [-0.2, 0) is 32.6 Å². The van der Waals surface area contributed by atoms with Crippen molar-refractivity contribution in [3.8, 4) is 5.75 Å². The minimum Gasteiger partial charge on any atom is -0.494 e. The van der Waals surface area contributed by atoms with E-state index in [9.17, 15) is 18.0 Å². The Kier molecular flexibility index (Phi) is 12.4. The highest BCUT2D eigenvalue weighted by molar-refractivity contribution is 9.10. The van der Waals surface area contributed by atoms with Gasteiger partial charge in [0.15, 0.2) is 0 Å². The Morgan fingerprint density at radius 3 is 1.98 bits per heavy atom. The van der Waals surface area contributed by atoms with Crippen molar-refractivity contribution in [1.29, 1.82) is 0 Å². The average molecular weight is 707 g/mol. The van der Waals surface area contributed by atoms with E-state index in [0.29, 0.717) is 24.6 Å². The SMILES string of the molecule is CCOc1ccc(N(CC(=O)N(Cc2ccccc2)C(Cc2ccccc2)C(=O)NCC(C)C)S(=O)(=O)c2ccc(Br)cc2)cc1. The van der Waals surface area contributed by atoms with Crippen LogP contribution in [0, 0.1) is 5.92 Å². The van der Waals surface area contributed by atoms with Gasteiger partial charge in [-0.05, 0) is 72.5 Å². The van der Waals surface area contributed by atoms with E-state index in [-0.39, 0.29) is 29.7 Å². The first-order chi connectivity index (χ1) is 22.1. The third kappa shape index (κ3) is 9.43. The summed E-state index contributed by atoms with van der Waals surface area (Å²) in [6.45, 7) is 6.34. The Bertz CT molecular complexity index is 1670. The second kappa shape index (κ2) is 16.4. The van der Waals surface area contributed by atoms with Gasteiger partial charge in [-0.15, -0.1) is 0 Å². The molecule has 0 aromatic heterocycles. The van der Waals surface area contributed by atoms with Crippen molar-refractivity contribution in [3.63, 3.8) is 0 Å². The number of sulfonamides is 1. The van der Waals surface area contributed by atoms with Crippen molar-refractivity contribution in [2.24, 2.45) is 5.92 Å². The monoisotopic (exact) mass is 705 g/mol. The summed E-state index contributed by atoms with van der Waals surface area (Å²) in [5.74, 6) is -0.0379. The zero-order valence-electron chi connectivity index (χ0n) is 26.3. The van der Waals surface area contributed by atoms with Gasteiger partial charge in [-0.25, -0.2) is 8.42 Å². The molecule has 0 aliphatic rings. The molecule has 8 nitrogen and oxygen atoms in total. The van der Waals surface area contributed by atoms with Crippen LogP contribution < -0.4 is 14.4 Å². The summed E-state index contributed by atoms with van der Waals surface area (Å²) in [5, 5.41) is 3.01. The molecular weight excluding hydrogens is 666 g/mol. The zero-order valence-corrected chi connectivity index (χ0v) is 28.7. The molecule has 242 valence electrons. The maximum atomic E-state index is 14.5. The molecule has 46 heavy (non-hydrogen) atoms. The van der Waals surface area contributed by atoms with Gasteiger partial charge in [0.05, 0.1) is 17.2 Å². The first-order valence-electron chi connectivity index (χ1n) is 15.2. The highest BCUT2D eigenvalue weighted by Crippen LogP contribution is 2.28. The van der Waals surface area contributed by atoms with Gasteiger partial charge in [0, 0.05) is 24.0 Å². The van der Waals surface area contributed by atoms with Crippen molar-refractivity contribution < 1.29 is 22.7 Å². The molecule has 4 rings (SSSR count). The number of nitrogens with zero attached hydrogens (tertiary/aromatic N) is 2. The Labute approximate surface area is 280 Å². The molecule has 0 radical (unpaired) electrons. The lowest BCUT2D eigenvalue weighted by Gasteiger charge is -2.34. The number of rotatable bonds is 15. The number of carbonyl (C=O) groups is 2. The summed E-state index contributed by atoms with van der Waals surface area (Å²) in [6.07, 6.45) is 0.256. The van der Waals surface area contributed by atoms with Crippen LogP contribution in [0.1, 0.15) is 31.9 Å². The smallest absolute Gasteiger partial charge is 0.264 e. The molecular formula is C36H40BrN3O5S. The van der Waals surface area contributed by atoms with Gasteiger partial charge in [-0.1, -0.05) is 90.4 Å². The maximum absolute atomic E-state index is 14.5. The minimum absolute atomic E-state index is 0.0301. The van der Waals surface area contributed by atoms with E-state index in [2.05, 4.69) is 21.2 Å². The van der Waals surface area contributed by atoms with E-state index in [1.54, 1.807) is 36.4 Å². The maximum Gasteiger partial charge on any atom is 0.264 e. The van der Waals surface area contributed by atoms with Gasteiger partial charge in [-0.3, -0.25) is 13.9 Å². The highest BCUT2D eigenvalue weighted by atomic mass is 79.9. The van der Waals surface area contributed by atoms with Crippen LogP contribution >= 0.6 is 15.9 Å². The Morgan fingerprint density at radius 1 is 0.826 bits per heavy atom. The molecule has 4 aromatic rings. The summed E-state index contributed by atoms with van der Waals surface area (Å²) in [5.41, 5.74) is 1.99. The first-order valence-corrected chi connectivity index (χ1v) is 17.5. The summed E-state index contributed by atoms with van der Waals surface area (Å²) in [4.78, 5) is 29.9. The van der Waals surface area contributed by atoms with E-state index in [0.717, 1.165) is 19.9 Å². The van der Waals surface area contributed by atoms with Crippen LogP contribution in [-0.4, -0.2) is 50.9 Å². The van der Waals surface area contributed by atoms with Crippen molar-refractivity contribution in [2.75, 3.05) is 24.0 Å². The van der Waals surface area contributed by atoms with Crippen molar-refractivity contribution in [1.82, 2.24) is 10.2 Å². The number of ether oxygens (including phenoxy) is 1. The van der Waals surface area contributed by atoms with Gasteiger partial charge < -0.3 is 15.0 Å². The molecule has 0 fully saturated rings. The predicted octanol–water partition coefficient (Wildman–Crippen LogP) is 6.46. The van der Waals surface area contributed by atoms with Gasteiger partial charge in [0.1, 0.15) is 18.3 Å². The molecule has 4 aromatic carbocycles. The van der Waals surface area contributed by atoms with E-state index >= 15 is 0 Å². The van der Waals surface area contributed by atoms with Crippen LogP contribution in [0.25, 0.3) is 0 Å². The second-order valence-corrected chi connectivity index (χ2v) is 14.0. The summed E-state index contributed by atoms with van der Waals surface area (Å²) in [7, 11) is -4.20. The average Bonchev–Trinajstić information content (AvgIpc) is 3.05. The van der Waals surface area contributed by atoms with E-state index in [1.807, 2.05) is 81.4 Å². The van der Waals surface area contributed by atoms with Gasteiger partial charge >= 0.3 is 0 Å². The Morgan fingerprint density at radius 2 is 1.41 bits per heavy atom. The van der Waals surface area contributed by atoms with Gasteiger partial charge in [-0.2, -0.15) is 0 Å². The summed E-state index contributed by atoms with van der Waals surface area (Å²) < 4.78 is 35.7. The number of nitrogens with one attached hydrogen (secondary N) is 1. The zero-order chi connectivity index (χ0) is 33.1. The van der Waals surface area contributed by atoms with E-state index in [4.69, 9.17) is 4.74 Å². The summed E-state index contributed by atoms with van der Waals surface area (Å²) >= 11 is 3.36. The minimum atomic E-state index is -4.20. The number of carbonyl (C=O) groups excluding carboxylic acids is 2. The third-order valence-corrected chi connectivity index (χ3v) is 9.58. The van der Waals surface area contributed by atoms with Crippen molar-refractivity contribution in [3.05, 3.63) is 125 Å². The molecule has 1 atom stereocenters. The molecule has 1 N–H and O–H groups in total. The standard InChI is InChI=1S/C36H40BrN3O5S/c1-4-45-32-19-17-31(18-20-32)40(46(43,44)33-21-15-30(37)16-22-33)26-35(41)39(25-29-13-9-6-10-14-29)34(36(42)38-24-27(2)3)23-28-11-7-5-8-12-28/h5-22,27,34H,4,23-26H2,1-3H3,(H,38,42). The predicted molar refractivity (Wildman–Crippen MR) is 185 cm³/mol. The van der Waals surface area contributed by atoms with Gasteiger partial charge in [0.2, 0.25) is 11.8 Å². The number of hydrogen-bond donors (Lipinski definition) is 1. The topological polar surface area (TPSA) is 96.0 Å². The lowest BCUT2D eigenvalue weighted by Crippen LogP contribution is -2.53. The molecule has 0 saturated carbocycles. The van der Waals surface area contributed by atoms with Crippen LogP contribution in [0.5, 0.6) is 5.75 Å². The van der Waals surface area contributed by atoms with Crippen LogP contribution in [0.15, 0.2) is 119 Å². The fourth-order valence-corrected chi connectivity index (χ4v) is 6.57. The first kappa shape index (κ1) is 34.7. The molecule has 1 unspecified atom stereocenters. The van der Waals surface area contributed by atoms with Crippen LogP contribution in [0.4, 0.5) is 5.69 Å². The fraction of sp³-hybridized carbons (Fsp3) is 0.278. The quantitative estimate of drug-likeness (QED) is 0.153. The number of hydrogen-bond acceptors (Lipinski definition) is 5. The highest BCUT2D eigenvalue weighted by Gasteiger charge is 2.34. The third-order valence-electron chi connectivity index (χ3n) is 7.27. The molecule has 0 heterocycles. The van der Waals surface area contributed by atoms with Crippen molar-refractivity contribution >= 4 is 43.5 Å². The van der Waals surface area contributed by atoms with E-state index < -0.39 is 28.5 Å². The second-order valence-electron chi connectivity index (χ2n) is 11.2. The number of halogens is 1. The summed E-state index contributed by atoms with van der Waals surface area (Å²) in [6, 6.07) is 30.8. The molecule has 10 heteroatoms. The lowest BCUT2D eigenvalue weighted by atomic mass is 10.0. The molecule has 0 aliphatic carbocycles. The Balaban J connectivity index is 1.78. The molecule has 0 saturated heterocycles. The van der Waals surface area contributed by atoms with Gasteiger partial charge in [0.25, 0.3) is 10.0 Å².